The van der Waals surface area contributed by atoms with Crippen LogP contribution in [0.5, 0.6) is 0 Å². The van der Waals surface area contributed by atoms with Gasteiger partial charge in [-0.2, -0.15) is 0 Å². The van der Waals surface area contributed by atoms with E-state index in [1.165, 1.54) is 18.2 Å². The lowest BCUT2D eigenvalue weighted by Crippen LogP contribution is -1.95. The lowest BCUT2D eigenvalue weighted by atomic mass is 10.2. The molecule has 3 nitrogen and oxygen atoms in total. The smallest absolute Gasteiger partial charge is 0.262 e. The first-order chi connectivity index (χ1) is 5.55. The molecule has 0 atom stereocenters. The molecule has 0 fully saturated rings. The quantitative estimate of drug-likeness (QED) is 0.541. The second-order valence-electron chi connectivity index (χ2n) is 2.09. The molecule has 1 aromatic rings. The van der Waals surface area contributed by atoms with Crippen LogP contribution in [0, 0.1) is 0 Å². The molecule has 0 bridgehead atoms. The van der Waals surface area contributed by atoms with Crippen molar-refractivity contribution >= 4 is 26.0 Å². The van der Waals surface area contributed by atoms with Crippen molar-refractivity contribution in [3.05, 3.63) is 29.8 Å². The number of halogens is 1. The van der Waals surface area contributed by atoms with Crippen molar-refractivity contribution in [2.75, 3.05) is 0 Å². The average molecular weight is 205 g/mol. The number of hydrogen-bond acceptors (Lipinski definition) is 3. The Hall–Kier alpha value is -0.870. The molecule has 0 aromatic heterocycles. The van der Waals surface area contributed by atoms with E-state index in [9.17, 15) is 13.2 Å². The molecule has 64 valence electrons. The first kappa shape index (κ1) is 9.22. The molecule has 12 heavy (non-hydrogen) atoms. The predicted molar refractivity (Wildman–Crippen MR) is 44.9 cm³/mol. The zero-order valence-electron chi connectivity index (χ0n) is 5.90. The Morgan fingerprint density at radius 3 is 2.25 bits per heavy atom. The Morgan fingerprint density at radius 2 is 1.83 bits per heavy atom. The Kier molecular flexibility index (Phi) is 2.49. The molecule has 0 saturated heterocycles. The third-order valence-electron chi connectivity index (χ3n) is 1.31. The Morgan fingerprint density at radius 1 is 1.25 bits per heavy atom. The highest BCUT2D eigenvalue weighted by Gasteiger charge is 2.13. The Balaban J connectivity index is 3.43. The monoisotopic (exact) mass is 204 g/mol. The van der Waals surface area contributed by atoms with Gasteiger partial charge in [-0.1, -0.05) is 18.2 Å². The average Bonchev–Trinajstić information content (AvgIpc) is 2.03. The van der Waals surface area contributed by atoms with Gasteiger partial charge in [0.2, 0.25) is 0 Å². The molecular formula is C7H5ClO3S. The third kappa shape index (κ3) is 1.84. The summed E-state index contributed by atoms with van der Waals surface area (Å²) in [5.74, 6) is 0. The molecule has 0 aliphatic rings. The van der Waals surface area contributed by atoms with E-state index in [0.717, 1.165) is 0 Å². The van der Waals surface area contributed by atoms with Crippen molar-refractivity contribution < 1.29 is 13.2 Å². The van der Waals surface area contributed by atoms with Crippen LogP contribution in [0.4, 0.5) is 0 Å². The molecule has 0 amide bonds. The molecular weight excluding hydrogens is 200 g/mol. The van der Waals surface area contributed by atoms with Gasteiger partial charge in [0.25, 0.3) is 9.05 Å². The minimum absolute atomic E-state index is 0.0764. The lowest BCUT2D eigenvalue weighted by Gasteiger charge is -1.97. The van der Waals surface area contributed by atoms with Crippen LogP contribution in [0.3, 0.4) is 0 Å². The molecule has 1 aromatic carbocycles. The van der Waals surface area contributed by atoms with Gasteiger partial charge in [-0.3, -0.25) is 4.79 Å². The second kappa shape index (κ2) is 3.25. The maximum Gasteiger partial charge on any atom is 0.262 e. The molecule has 0 aliphatic heterocycles. The van der Waals surface area contributed by atoms with E-state index in [2.05, 4.69) is 0 Å². The first-order valence-electron chi connectivity index (χ1n) is 3.04. The predicted octanol–water partition coefficient (Wildman–Crippen LogP) is 1.43. The zero-order chi connectivity index (χ0) is 9.19. The van der Waals surface area contributed by atoms with E-state index in [1.807, 2.05) is 0 Å². The molecule has 1 rings (SSSR count). The van der Waals surface area contributed by atoms with Gasteiger partial charge in [-0.15, -0.1) is 0 Å². The topological polar surface area (TPSA) is 51.2 Å². The molecule has 0 radical (unpaired) electrons. The van der Waals surface area contributed by atoms with Gasteiger partial charge >= 0.3 is 0 Å². The van der Waals surface area contributed by atoms with Crippen LogP contribution >= 0.6 is 10.7 Å². The van der Waals surface area contributed by atoms with Crippen LogP contribution < -0.4 is 0 Å². The molecule has 0 spiro atoms. The van der Waals surface area contributed by atoms with Crippen LogP contribution in [0.25, 0.3) is 0 Å². The van der Waals surface area contributed by atoms with Crippen molar-refractivity contribution in [3.63, 3.8) is 0 Å². The van der Waals surface area contributed by atoms with Gasteiger partial charge in [0, 0.05) is 16.2 Å². The summed E-state index contributed by atoms with van der Waals surface area (Å²) < 4.78 is 21.6. The lowest BCUT2D eigenvalue weighted by molar-refractivity contribution is 0.112. The van der Waals surface area contributed by atoms with Gasteiger partial charge in [-0.05, 0) is 6.07 Å². The summed E-state index contributed by atoms with van der Waals surface area (Å²) in [6, 6.07) is 5.74. The van der Waals surface area contributed by atoms with E-state index in [0.29, 0.717) is 6.29 Å². The molecule has 0 heterocycles. The summed E-state index contributed by atoms with van der Waals surface area (Å²) >= 11 is 0. The van der Waals surface area contributed by atoms with Crippen molar-refractivity contribution in [2.24, 2.45) is 0 Å². The van der Waals surface area contributed by atoms with Gasteiger partial charge in [-0.25, -0.2) is 8.42 Å². The van der Waals surface area contributed by atoms with E-state index >= 15 is 0 Å². The molecule has 0 aliphatic carbocycles. The standard InChI is InChI=1S/C7H5ClO3S/c8-12(10,11)7-4-2-1-3-6(7)5-9/h1-5H. The van der Waals surface area contributed by atoms with Crippen molar-refractivity contribution in [2.45, 2.75) is 4.90 Å². The molecule has 5 heteroatoms. The summed E-state index contributed by atoms with van der Waals surface area (Å²) in [4.78, 5) is 10.2. The second-order valence-corrected chi connectivity index (χ2v) is 4.63. The number of benzene rings is 1. The summed E-state index contributed by atoms with van der Waals surface area (Å²) in [7, 11) is 1.25. The summed E-state index contributed by atoms with van der Waals surface area (Å²) in [6.45, 7) is 0. The third-order valence-corrected chi connectivity index (χ3v) is 2.70. The SMILES string of the molecule is O=Cc1ccccc1S(=O)(=O)Cl. The largest absolute Gasteiger partial charge is 0.298 e. The van der Waals surface area contributed by atoms with Crippen LogP contribution in [0.1, 0.15) is 10.4 Å². The highest BCUT2D eigenvalue weighted by atomic mass is 35.7. The van der Waals surface area contributed by atoms with Crippen LogP contribution in [-0.4, -0.2) is 14.7 Å². The fourth-order valence-electron chi connectivity index (χ4n) is 0.800. The highest BCUT2D eigenvalue weighted by Crippen LogP contribution is 2.17. The minimum atomic E-state index is -3.80. The van der Waals surface area contributed by atoms with Gasteiger partial charge < -0.3 is 0 Å². The molecule has 0 saturated carbocycles. The summed E-state index contributed by atoms with van der Waals surface area (Å²) in [5.41, 5.74) is 0.0764. The number of aldehydes is 1. The van der Waals surface area contributed by atoms with Crippen molar-refractivity contribution in [1.82, 2.24) is 0 Å². The van der Waals surface area contributed by atoms with E-state index in [-0.39, 0.29) is 10.5 Å². The van der Waals surface area contributed by atoms with E-state index in [1.54, 1.807) is 6.07 Å². The summed E-state index contributed by atoms with van der Waals surface area (Å²) in [5, 5.41) is 0. The zero-order valence-corrected chi connectivity index (χ0v) is 7.47. The van der Waals surface area contributed by atoms with E-state index in [4.69, 9.17) is 10.7 Å². The number of hydrogen-bond donors (Lipinski definition) is 0. The Bertz CT molecular complexity index is 397. The first-order valence-corrected chi connectivity index (χ1v) is 5.35. The van der Waals surface area contributed by atoms with Crippen molar-refractivity contribution in [3.8, 4) is 0 Å². The molecule has 0 unspecified atom stereocenters. The van der Waals surface area contributed by atoms with Gasteiger partial charge in [0.05, 0.1) is 4.90 Å². The normalized spacial score (nSPS) is 11.1. The molecule has 0 N–H and O–H groups in total. The maximum absolute atomic E-state index is 10.8. The van der Waals surface area contributed by atoms with Gasteiger partial charge in [0.1, 0.15) is 0 Å². The highest BCUT2D eigenvalue weighted by molar-refractivity contribution is 8.13. The fourth-order valence-corrected chi connectivity index (χ4v) is 1.86. The fraction of sp³-hybridized carbons (Fsp3) is 0. The van der Waals surface area contributed by atoms with Crippen LogP contribution in [-0.2, 0) is 9.05 Å². The van der Waals surface area contributed by atoms with Gasteiger partial charge in [0.15, 0.2) is 6.29 Å². The number of carbonyl (C=O) groups is 1. The Labute approximate surface area is 74.4 Å². The number of rotatable bonds is 2. The number of carbonyl (C=O) groups excluding carboxylic acids is 1. The maximum atomic E-state index is 10.8. The minimum Gasteiger partial charge on any atom is -0.298 e. The van der Waals surface area contributed by atoms with E-state index < -0.39 is 9.05 Å². The summed E-state index contributed by atoms with van der Waals surface area (Å²) in [6.07, 6.45) is 0.454. The van der Waals surface area contributed by atoms with Crippen LogP contribution in [0.2, 0.25) is 0 Å². The van der Waals surface area contributed by atoms with Crippen LogP contribution in [0.15, 0.2) is 29.2 Å². The van der Waals surface area contributed by atoms with Crippen molar-refractivity contribution in [1.29, 1.82) is 0 Å².